The predicted molar refractivity (Wildman–Crippen MR) is 181 cm³/mol. The number of rotatable bonds is 8. The first-order valence-corrected chi connectivity index (χ1v) is 18.8. The first-order chi connectivity index (χ1) is 21.7. The molecule has 8 nitrogen and oxygen atoms in total. The summed E-state index contributed by atoms with van der Waals surface area (Å²) in [5.41, 5.74) is 0.523. The first-order valence-electron chi connectivity index (χ1n) is 17.4. The molecule has 0 unspecified atom stereocenters. The second kappa shape index (κ2) is 12.4. The topological polar surface area (TPSA) is 116 Å². The van der Waals surface area contributed by atoms with Crippen molar-refractivity contribution >= 4 is 32.5 Å². The van der Waals surface area contributed by atoms with Gasteiger partial charge < -0.3 is 19.8 Å². The van der Waals surface area contributed by atoms with Gasteiger partial charge in [0.25, 0.3) is 0 Å². The van der Waals surface area contributed by atoms with Crippen molar-refractivity contribution in [2.75, 3.05) is 26.1 Å². The molecule has 0 radical (unpaired) electrons. The molecule has 4 fully saturated rings. The molecule has 4 aliphatic rings. The van der Waals surface area contributed by atoms with Gasteiger partial charge in [-0.2, -0.15) is 0 Å². The molecule has 4 saturated carbocycles. The number of carbonyl (C=O) groups excluding carboxylic acids is 1. The Morgan fingerprint density at radius 1 is 1.02 bits per heavy atom. The molecule has 0 spiro atoms. The Morgan fingerprint density at radius 2 is 1.74 bits per heavy atom. The van der Waals surface area contributed by atoms with E-state index in [1.54, 1.807) is 6.07 Å². The number of methoxy groups -OCH3 is 1. The van der Waals surface area contributed by atoms with Crippen molar-refractivity contribution in [3.8, 4) is 0 Å². The zero-order valence-corrected chi connectivity index (χ0v) is 29.2. The van der Waals surface area contributed by atoms with Gasteiger partial charge in [0.2, 0.25) is 10.0 Å². The molecule has 9 heteroatoms. The fourth-order valence-corrected chi connectivity index (χ4v) is 12.6. The monoisotopic (exact) mass is 654 g/mol. The molecule has 0 amide bonds. The van der Waals surface area contributed by atoms with Gasteiger partial charge in [-0.25, -0.2) is 13.1 Å². The van der Waals surface area contributed by atoms with E-state index in [0.29, 0.717) is 42.4 Å². The third kappa shape index (κ3) is 5.47. The van der Waals surface area contributed by atoms with Crippen LogP contribution in [0.5, 0.6) is 0 Å². The summed E-state index contributed by atoms with van der Waals surface area (Å²) in [7, 11) is 1.44. The fourth-order valence-electron chi connectivity index (χ4n) is 11.1. The van der Waals surface area contributed by atoms with Crippen LogP contribution in [0.2, 0.25) is 0 Å². The molecule has 0 bridgehead atoms. The summed E-state index contributed by atoms with van der Waals surface area (Å²) >= 11 is 0. The van der Waals surface area contributed by atoms with Crippen LogP contribution < -0.4 is 9.62 Å². The maximum absolute atomic E-state index is 14.5. The van der Waals surface area contributed by atoms with E-state index >= 15 is 0 Å². The molecule has 2 aromatic carbocycles. The number of aliphatic hydroxyl groups excluding tert-OH is 2. The highest BCUT2D eigenvalue weighted by Crippen LogP contribution is 2.68. The standard InChI is InChI=1S/C37H54N2O6S/c1-22(13-16-34(42)45-6)27-14-15-28-35-29(21-33(41)37(27,28)3)36(2)18-17-24(40)19-23(36)20-30(35)38-46(43,44)32-12-8-9-25-26(32)10-7-11-31(25)39(4)5/h7-12,22-24,27-30,33,35,38,40-41H,13-21H2,1-6H3/t22-,23+,24-,27-,28+,29+,30-,33+,35+,36+,37-/m1/s1. The van der Waals surface area contributed by atoms with Gasteiger partial charge in [-0.3, -0.25) is 4.79 Å². The Hall–Kier alpha value is -2.20. The van der Waals surface area contributed by atoms with E-state index in [-0.39, 0.29) is 64.5 Å². The summed E-state index contributed by atoms with van der Waals surface area (Å²) in [5.74, 6) is 0.802. The van der Waals surface area contributed by atoms with Gasteiger partial charge >= 0.3 is 5.97 Å². The van der Waals surface area contributed by atoms with Crippen LogP contribution in [0.4, 0.5) is 5.69 Å². The lowest BCUT2D eigenvalue weighted by atomic mass is 9.42. The van der Waals surface area contributed by atoms with Crippen LogP contribution in [0.15, 0.2) is 41.3 Å². The number of sulfonamides is 1. The van der Waals surface area contributed by atoms with E-state index in [0.717, 1.165) is 36.8 Å². The van der Waals surface area contributed by atoms with Gasteiger partial charge in [0, 0.05) is 43.0 Å². The lowest BCUT2D eigenvalue weighted by Crippen LogP contribution is -2.65. The lowest BCUT2D eigenvalue weighted by Gasteiger charge is -2.64. The SMILES string of the molecule is COC(=O)CC[C@@H](C)[C@H]1CC[C@H]2[C@@H]3[C@H](NS(=O)(=O)c4cccc5c(N(C)C)cccc45)C[C@@H]4C[C@H](O)CC[C@]4(C)[C@H]3C[C@H](O)[C@]12C. The van der Waals surface area contributed by atoms with Gasteiger partial charge in [-0.1, -0.05) is 45.0 Å². The summed E-state index contributed by atoms with van der Waals surface area (Å²) < 4.78 is 37.2. The van der Waals surface area contributed by atoms with Crippen molar-refractivity contribution in [2.45, 2.75) is 102 Å². The van der Waals surface area contributed by atoms with Crippen molar-refractivity contribution in [1.82, 2.24) is 4.72 Å². The molecule has 2 aromatic rings. The highest BCUT2D eigenvalue weighted by molar-refractivity contribution is 7.89. The van der Waals surface area contributed by atoms with Gasteiger partial charge in [-0.15, -0.1) is 0 Å². The molecular formula is C37H54N2O6S. The van der Waals surface area contributed by atoms with Crippen LogP contribution in [-0.4, -0.2) is 64.1 Å². The number of hydrogen-bond donors (Lipinski definition) is 3. The van der Waals surface area contributed by atoms with Crippen LogP contribution in [-0.2, 0) is 19.6 Å². The lowest BCUT2D eigenvalue weighted by molar-refractivity contribution is -0.182. The zero-order chi connectivity index (χ0) is 33.2. The molecule has 3 N–H and O–H groups in total. The molecule has 254 valence electrons. The number of anilines is 1. The Kier molecular flexibility index (Phi) is 9.05. The third-order valence-corrected chi connectivity index (χ3v) is 15.1. The minimum absolute atomic E-state index is 0.0667. The first kappa shape index (κ1) is 33.7. The Labute approximate surface area is 275 Å². The second-order valence-electron chi connectivity index (χ2n) is 15.8. The molecule has 4 aliphatic carbocycles. The van der Waals surface area contributed by atoms with Gasteiger partial charge in [0.05, 0.1) is 24.2 Å². The summed E-state index contributed by atoms with van der Waals surface area (Å²) in [6.07, 6.45) is 5.73. The Balaban J connectivity index is 1.38. The van der Waals surface area contributed by atoms with Gasteiger partial charge in [-0.05, 0) is 110 Å². The van der Waals surface area contributed by atoms with E-state index in [2.05, 4.69) is 25.5 Å². The number of carbonyl (C=O) groups is 1. The average molecular weight is 655 g/mol. The molecule has 46 heavy (non-hydrogen) atoms. The normalized spacial score (nSPS) is 38.0. The van der Waals surface area contributed by atoms with E-state index in [1.807, 2.05) is 49.3 Å². The van der Waals surface area contributed by atoms with E-state index in [1.165, 1.54) is 7.11 Å². The summed E-state index contributed by atoms with van der Waals surface area (Å²) in [6, 6.07) is 11.0. The summed E-state index contributed by atoms with van der Waals surface area (Å²) in [4.78, 5) is 14.3. The highest BCUT2D eigenvalue weighted by atomic mass is 32.2. The van der Waals surface area contributed by atoms with Crippen LogP contribution in [0, 0.1) is 46.3 Å². The van der Waals surface area contributed by atoms with E-state index in [4.69, 9.17) is 4.74 Å². The van der Waals surface area contributed by atoms with Crippen molar-refractivity contribution in [2.24, 2.45) is 46.3 Å². The number of hydrogen-bond acceptors (Lipinski definition) is 7. The molecular weight excluding hydrogens is 600 g/mol. The third-order valence-electron chi connectivity index (χ3n) is 13.5. The number of ether oxygens (including phenoxy) is 1. The molecule has 0 aromatic heterocycles. The Bertz CT molecular complexity index is 1560. The predicted octanol–water partition coefficient (Wildman–Crippen LogP) is 5.74. The molecule has 0 heterocycles. The minimum atomic E-state index is -3.91. The number of esters is 1. The average Bonchev–Trinajstić information content (AvgIpc) is 3.38. The maximum Gasteiger partial charge on any atom is 0.305 e. The number of aliphatic hydroxyl groups is 2. The van der Waals surface area contributed by atoms with Crippen molar-refractivity contribution < 1.29 is 28.2 Å². The molecule has 0 aliphatic heterocycles. The number of nitrogens with one attached hydrogen (secondary N) is 1. The van der Waals surface area contributed by atoms with Crippen LogP contribution in [0.25, 0.3) is 10.8 Å². The van der Waals surface area contributed by atoms with Crippen LogP contribution in [0.1, 0.15) is 78.6 Å². The minimum Gasteiger partial charge on any atom is -0.469 e. The molecule has 6 rings (SSSR count). The highest BCUT2D eigenvalue weighted by Gasteiger charge is 2.66. The van der Waals surface area contributed by atoms with E-state index in [9.17, 15) is 23.4 Å². The number of benzene rings is 2. The van der Waals surface area contributed by atoms with E-state index < -0.39 is 16.1 Å². The van der Waals surface area contributed by atoms with Crippen molar-refractivity contribution in [3.63, 3.8) is 0 Å². The van der Waals surface area contributed by atoms with Crippen LogP contribution >= 0.6 is 0 Å². The quantitative estimate of drug-likeness (QED) is 0.311. The maximum atomic E-state index is 14.5. The van der Waals surface area contributed by atoms with Crippen molar-refractivity contribution in [3.05, 3.63) is 36.4 Å². The molecule has 11 atom stereocenters. The Morgan fingerprint density at radius 3 is 2.46 bits per heavy atom. The second-order valence-corrected chi connectivity index (χ2v) is 17.5. The van der Waals surface area contributed by atoms with Crippen LogP contribution in [0.3, 0.4) is 0 Å². The summed E-state index contributed by atoms with van der Waals surface area (Å²) in [5, 5.41) is 24.4. The number of nitrogens with zero attached hydrogens (tertiary/aromatic N) is 1. The number of fused-ring (bicyclic) bond motifs is 6. The zero-order valence-electron chi connectivity index (χ0n) is 28.4. The van der Waals surface area contributed by atoms with Crippen molar-refractivity contribution in [1.29, 1.82) is 0 Å². The van der Waals surface area contributed by atoms with Gasteiger partial charge in [0.1, 0.15) is 0 Å². The largest absolute Gasteiger partial charge is 0.469 e. The van der Waals surface area contributed by atoms with Gasteiger partial charge in [0.15, 0.2) is 0 Å². The smallest absolute Gasteiger partial charge is 0.305 e. The molecule has 0 saturated heterocycles. The summed E-state index contributed by atoms with van der Waals surface area (Å²) in [6.45, 7) is 6.78. The fraction of sp³-hybridized carbons (Fsp3) is 0.703.